The summed E-state index contributed by atoms with van der Waals surface area (Å²) >= 11 is 12.2. The Hall–Kier alpha value is 1.62. The molecule has 0 nitrogen and oxygen atoms in total. The smallest absolute Gasteiger partial charge is 0.0775 e. The second-order valence-electron chi connectivity index (χ2n) is 4.78. The second kappa shape index (κ2) is 3.34. The van der Waals surface area contributed by atoms with Gasteiger partial charge in [-0.2, -0.15) is 0 Å². The van der Waals surface area contributed by atoms with Gasteiger partial charge in [-0.15, -0.1) is 47.0 Å². The highest BCUT2D eigenvalue weighted by Gasteiger charge is 2.65. The SMILES string of the molecule is CC12CC3(C)SC(/C(=C\Br)S1)C(C)(S2)S3. The predicted molar refractivity (Wildman–Crippen MR) is 81.0 cm³/mol. The summed E-state index contributed by atoms with van der Waals surface area (Å²) < 4.78 is 1.20. The maximum Gasteiger partial charge on any atom is 0.0775 e. The lowest BCUT2D eigenvalue weighted by atomic mass is 10.2. The van der Waals surface area contributed by atoms with Gasteiger partial charge in [0.15, 0.2) is 0 Å². The molecule has 4 atom stereocenters. The van der Waals surface area contributed by atoms with Crippen molar-refractivity contribution in [3.63, 3.8) is 0 Å². The molecular weight excluding hydrogens is 328 g/mol. The molecule has 3 rings (SSSR count). The molecule has 3 fully saturated rings. The Balaban J connectivity index is 2.12. The summed E-state index contributed by atoms with van der Waals surface area (Å²) in [5, 5.41) is 0.678. The molecule has 5 heteroatoms. The third-order valence-electron chi connectivity index (χ3n) is 3.02. The number of hydrogen-bond acceptors (Lipinski definition) is 4. The van der Waals surface area contributed by atoms with Crippen molar-refractivity contribution in [2.45, 2.75) is 44.7 Å². The topological polar surface area (TPSA) is 0 Å². The number of thioether (sulfide) groups is 4. The van der Waals surface area contributed by atoms with Crippen LogP contribution in [0, 0.1) is 0 Å². The van der Waals surface area contributed by atoms with E-state index in [4.69, 9.17) is 0 Å². The summed E-state index contributed by atoms with van der Waals surface area (Å²) in [6.45, 7) is 7.27. The van der Waals surface area contributed by atoms with Gasteiger partial charge in [-0.25, -0.2) is 0 Å². The van der Waals surface area contributed by atoms with Crippen LogP contribution in [0.3, 0.4) is 0 Å². The monoisotopic (exact) mass is 340 g/mol. The molecule has 84 valence electrons. The molecule has 0 N–H and O–H groups in total. The van der Waals surface area contributed by atoms with Crippen LogP contribution >= 0.6 is 63.0 Å². The number of rotatable bonds is 0. The predicted octanol–water partition coefficient (Wildman–Crippen LogP) is 5.10. The van der Waals surface area contributed by atoms with Crippen LogP contribution in [0.5, 0.6) is 0 Å². The van der Waals surface area contributed by atoms with Gasteiger partial charge < -0.3 is 0 Å². The lowest BCUT2D eigenvalue weighted by Gasteiger charge is -2.49. The third-order valence-corrected chi connectivity index (χ3v) is 11.0. The Bertz CT molecular complexity index is 353. The van der Waals surface area contributed by atoms with E-state index in [-0.39, 0.29) is 0 Å². The molecule has 0 radical (unpaired) electrons. The van der Waals surface area contributed by atoms with Crippen molar-refractivity contribution in [3.8, 4) is 0 Å². The van der Waals surface area contributed by atoms with E-state index >= 15 is 0 Å². The van der Waals surface area contributed by atoms with E-state index in [2.05, 4.69) is 88.7 Å². The molecule has 3 aliphatic rings. The van der Waals surface area contributed by atoms with Crippen LogP contribution in [-0.2, 0) is 0 Å². The maximum atomic E-state index is 3.54. The first-order chi connectivity index (χ1) is 6.88. The molecule has 0 aliphatic carbocycles. The normalized spacial score (nSPS) is 60.3. The van der Waals surface area contributed by atoms with Crippen LogP contribution in [-0.4, -0.2) is 17.5 Å². The fourth-order valence-corrected chi connectivity index (χ4v) is 13.9. The first kappa shape index (κ1) is 11.7. The van der Waals surface area contributed by atoms with Crippen molar-refractivity contribution in [3.05, 3.63) is 9.89 Å². The molecule has 0 aromatic carbocycles. The highest BCUT2D eigenvalue weighted by molar-refractivity contribution is 9.11. The van der Waals surface area contributed by atoms with Crippen molar-refractivity contribution in [1.82, 2.24) is 0 Å². The van der Waals surface area contributed by atoms with Crippen molar-refractivity contribution >= 4 is 63.0 Å². The zero-order valence-corrected chi connectivity index (χ0v) is 13.7. The summed E-state index contributed by atoms with van der Waals surface area (Å²) in [6.07, 6.45) is 1.31. The molecule has 3 aliphatic heterocycles. The fraction of sp³-hybridized carbons (Fsp3) is 0.800. The molecule has 0 amide bonds. The standard InChI is InChI=1S/C10H13BrS4/c1-8-5-9(2)13-7(6(4-11)12-8)10(3,14-8)15-9/h4,7H,5H2,1-3H3/b6-4+. The van der Waals surface area contributed by atoms with Crippen molar-refractivity contribution in [1.29, 1.82) is 0 Å². The molecule has 0 aromatic heterocycles. The molecule has 4 unspecified atom stereocenters. The first-order valence-corrected chi connectivity index (χ1v) is 9.20. The minimum atomic E-state index is 0.383. The highest BCUT2D eigenvalue weighted by Crippen LogP contribution is 2.79. The second-order valence-corrected chi connectivity index (χ2v) is 13.1. The van der Waals surface area contributed by atoms with Crippen LogP contribution < -0.4 is 0 Å². The molecule has 15 heavy (non-hydrogen) atoms. The molecule has 0 aromatic rings. The summed E-state index contributed by atoms with van der Waals surface area (Å²) in [4.78, 5) is 3.70. The van der Waals surface area contributed by atoms with Crippen LogP contribution in [0.1, 0.15) is 27.2 Å². The minimum Gasteiger partial charge on any atom is -0.133 e. The van der Waals surface area contributed by atoms with Crippen molar-refractivity contribution < 1.29 is 0 Å². The Labute approximate surface area is 117 Å². The Morgan fingerprint density at radius 3 is 2.60 bits per heavy atom. The van der Waals surface area contributed by atoms with Gasteiger partial charge >= 0.3 is 0 Å². The fourth-order valence-electron chi connectivity index (χ4n) is 2.82. The maximum absolute atomic E-state index is 3.54. The van der Waals surface area contributed by atoms with Crippen LogP contribution in [0.4, 0.5) is 0 Å². The average molecular weight is 341 g/mol. The van der Waals surface area contributed by atoms with Gasteiger partial charge in [0.1, 0.15) is 0 Å². The molecular formula is C10H13BrS4. The number of hydrogen-bond donors (Lipinski definition) is 0. The Morgan fingerprint density at radius 2 is 1.93 bits per heavy atom. The van der Waals surface area contributed by atoms with E-state index in [1.807, 2.05) is 0 Å². The van der Waals surface area contributed by atoms with Crippen LogP contribution in [0.15, 0.2) is 9.89 Å². The minimum absolute atomic E-state index is 0.383. The van der Waals surface area contributed by atoms with E-state index in [1.165, 1.54) is 11.3 Å². The zero-order valence-electron chi connectivity index (χ0n) is 8.87. The first-order valence-electron chi connectivity index (χ1n) is 4.96. The molecule has 3 heterocycles. The van der Waals surface area contributed by atoms with Crippen molar-refractivity contribution in [2.24, 2.45) is 0 Å². The van der Waals surface area contributed by atoms with Gasteiger partial charge in [-0.1, -0.05) is 15.9 Å². The van der Waals surface area contributed by atoms with E-state index in [0.29, 0.717) is 17.5 Å². The van der Waals surface area contributed by atoms with Gasteiger partial charge in [-0.05, 0) is 32.2 Å². The molecule has 3 bridgehead atoms. The van der Waals surface area contributed by atoms with Gasteiger partial charge in [-0.3, -0.25) is 0 Å². The van der Waals surface area contributed by atoms with Crippen LogP contribution in [0.2, 0.25) is 0 Å². The zero-order chi connectivity index (χ0) is 10.9. The number of fused-ring (bicyclic) bond motifs is 2. The van der Waals surface area contributed by atoms with E-state index < -0.39 is 0 Å². The largest absolute Gasteiger partial charge is 0.133 e. The van der Waals surface area contributed by atoms with Crippen LogP contribution in [0.25, 0.3) is 0 Å². The van der Waals surface area contributed by atoms with Gasteiger partial charge in [0.2, 0.25) is 0 Å². The molecule has 0 spiro atoms. The molecule has 0 saturated carbocycles. The Kier molecular flexibility index (Phi) is 2.60. The quantitative estimate of drug-likeness (QED) is 0.600. The van der Waals surface area contributed by atoms with Gasteiger partial charge in [0, 0.05) is 4.91 Å². The summed E-state index contributed by atoms with van der Waals surface area (Å²) in [5.41, 5.74) is 0. The summed E-state index contributed by atoms with van der Waals surface area (Å²) in [7, 11) is 0. The van der Waals surface area contributed by atoms with E-state index in [9.17, 15) is 0 Å². The summed E-state index contributed by atoms with van der Waals surface area (Å²) in [6, 6.07) is 0. The van der Waals surface area contributed by atoms with E-state index in [1.54, 1.807) is 0 Å². The third kappa shape index (κ3) is 1.67. The van der Waals surface area contributed by atoms with E-state index in [0.717, 1.165) is 0 Å². The van der Waals surface area contributed by atoms with Crippen molar-refractivity contribution in [2.75, 3.05) is 0 Å². The summed E-state index contributed by atoms with van der Waals surface area (Å²) in [5.74, 6) is 0. The molecule has 3 saturated heterocycles. The lowest BCUT2D eigenvalue weighted by Crippen LogP contribution is -2.42. The average Bonchev–Trinajstić information content (AvgIpc) is 2.20. The lowest BCUT2D eigenvalue weighted by molar-refractivity contribution is 0.709. The highest BCUT2D eigenvalue weighted by atomic mass is 79.9. The Morgan fingerprint density at radius 1 is 1.27 bits per heavy atom. The number of halogens is 1. The van der Waals surface area contributed by atoms with Gasteiger partial charge in [0.05, 0.1) is 17.5 Å². The van der Waals surface area contributed by atoms with Gasteiger partial charge in [0.25, 0.3) is 0 Å².